The van der Waals surface area contributed by atoms with Crippen molar-refractivity contribution < 1.29 is 9.21 Å². The number of amides is 2. The minimum Gasteiger partial charge on any atom is -0.448 e. The number of nitrogens with zero attached hydrogens (tertiary/aromatic N) is 1. The molecule has 0 bridgehead atoms. The van der Waals surface area contributed by atoms with Crippen molar-refractivity contribution in [1.29, 1.82) is 5.41 Å². The third-order valence-corrected chi connectivity index (χ3v) is 2.48. The Hall–Kier alpha value is -1.98. The van der Waals surface area contributed by atoms with Crippen LogP contribution in [0.3, 0.4) is 0 Å². The largest absolute Gasteiger partial charge is 0.448 e. The van der Waals surface area contributed by atoms with Crippen LogP contribution in [0.25, 0.3) is 0 Å². The molecule has 0 unspecified atom stereocenters. The van der Waals surface area contributed by atoms with E-state index in [4.69, 9.17) is 15.6 Å². The molecule has 1 rings (SSSR count). The minimum absolute atomic E-state index is 0.244. The highest BCUT2D eigenvalue weighted by molar-refractivity contribution is 6.12. The van der Waals surface area contributed by atoms with Crippen LogP contribution in [0.1, 0.15) is 32.6 Å². The molecule has 0 aromatic carbocycles. The van der Waals surface area contributed by atoms with E-state index in [0.717, 1.165) is 30.6 Å². The van der Waals surface area contributed by atoms with E-state index < -0.39 is 6.03 Å². The normalized spacial score (nSPS) is 10.1. The van der Waals surface area contributed by atoms with Crippen molar-refractivity contribution in [3.05, 3.63) is 18.4 Å². The first-order chi connectivity index (χ1) is 8.66. The molecule has 0 aliphatic heterocycles. The number of carbonyl (C=O) groups is 1. The summed E-state index contributed by atoms with van der Waals surface area (Å²) in [7, 11) is 0. The van der Waals surface area contributed by atoms with Gasteiger partial charge >= 0.3 is 6.03 Å². The number of guanidine groups is 1. The van der Waals surface area contributed by atoms with Crippen LogP contribution in [0.15, 0.2) is 22.8 Å². The third kappa shape index (κ3) is 4.12. The summed E-state index contributed by atoms with van der Waals surface area (Å²) >= 11 is 0. The van der Waals surface area contributed by atoms with Crippen LogP contribution in [0.2, 0.25) is 0 Å². The van der Waals surface area contributed by atoms with Crippen LogP contribution in [0, 0.1) is 5.41 Å². The number of furan rings is 1. The SMILES string of the molecule is CCCCCCNC(=O)N(C(=N)N)c1ccco1. The Bertz CT molecular complexity index is 375. The maximum atomic E-state index is 11.8. The molecule has 0 saturated carbocycles. The fourth-order valence-corrected chi connectivity index (χ4v) is 1.55. The fourth-order valence-electron chi connectivity index (χ4n) is 1.55. The van der Waals surface area contributed by atoms with Crippen molar-refractivity contribution in [2.24, 2.45) is 5.73 Å². The van der Waals surface area contributed by atoms with Crippen LogP contribution in [0.5, 0.6) is 0 Å². The highest BCUT2D eigenvalue weighted by atomic mass is 16.3. The average Bonchev–Trinajstić information content (AvgIpc) is 2.82. The number of anilines is 1. The fraction of sp³-hybridized carbons (Fsp3) is 0.500. The molecule has 1 heterocycles. The smallest absolute Gasteiger partial charge is 0.331 e. The standard InChI is InChI=1S/C12H20N4O2/c1-2-3-4-5-8-15-12(17)16(11(13)14)10-7-6-9-18-10/h6-7,9H,2-5,8H2,1H3,(H3,13,14)(H,15,17). The molecule has 1 aromatic rings. The van der Waals surface area contributed by atoms with Gasteiger partial charge in [-0.3, -0.25) is 5.41 Å². The van der Waals surface area contributed by atoms with E-state index in [1.165, 1.54) is 6.26 Å². The summed E-state index contributed by atoms with van der Waals surface area (Å²) in [6, 6.07) is 2.78. The first-order valence-corrected chi connectivity index (χ1v) is 6.12. The molecule has 18 heavy (non-hydrogen) atoms. The highest BCUT2D eigenvalue weighted by Gasteiger charge is 2.20. The van der Waals surface area contributed by atoms with Crippen LogP contribution in [-0.2, 0) is 0 Å². The minimum atomic E-state index is -0.436. The maximum absolute atomic E-state index is 11.8. The van der Waals surface area contributed by atoms with E-state index in [0.29, 0.717) is 6.54 Å². The third-order valence-electron chi connectivity index (χ3n) is 2.48. The van der Waals surface area contributed by atoms with Gasteiger partial charge in [0.05, 0.1) is 6.26 Å². The summed E-state index contributed by atoms with van der Waals surface area (Å²) in [6.45, 7) is 2.70. The number of nitrogens with one attached hydrogen (secondary N) is 2. The summed E-state index contributed by atoms with van der Waals surface area (Å²) in [5, 5.41) is 10.1. The first-order valence-electron chi connectivity index (χ1n) is 6.12. The van der Waals surface area contributed by atoms with Gasteiger partial charge in [-0.05, 0) is 12.5 Å². The van der Waals surface area contributed by atoms with Crippen LogP contribution in [-0.4, -0.2) is 18.5 Å². The number of urea groups is 1. The summed E-state index contributed by atoms with van der Waals surface area (Å²) in [4.78, 5) is 12.8. The van der Waals surface area contributed by atoms with Gasteiger partial charge in [0.25, 0.3) is 0 Å². The van der Waals surface area contributed by atoms with Crippen molar-refractivity contribution in [3.63, 3.8) is 0 Å². The highest BCUT2D eigenvalue weighted by Crippen LogP contribution is 2.13. The van der Waals surface area contributed by atoms with Gasteiger partial charge < -0.3 is 15.5 Å². The Morgan fingerprint density at radius 3 is 2.83 bits per heavy atom. The van der Waals surface area contributed by atoms with E-state index >= 15 is 0 Å². The van der Waals surface area contributed by atoms with Gasteiger partial charge in [-0.2, -0.15) is 0 Å². The number of carbonyl (C=O) groups excluding carboxylic acids is 1. The van der Waals surface area contributed by atoms with Crippen LogP contribution < -0.4 is 16.0 Å². The van der Waals surface area contributed by atoms with Gasteiger partial charge in [-0.1, -0.05) is 26.2 Å². The summed E-state index contributed by atoms with van der Waals surface area (Å²) in [5.41, 5.74) is 5.37. The molecule has 6 heteroatoms. The lowest BCUT2D eigenvalue weighted by atomic mass is 10.2. The van der Waals surface area contributed by atoms with Gasteiger partial charge in [-0.15, -0.1) is 0 Å². The molecular weight excluding hydrogens is 232 g/mol. The van der Waals surface area contributed by atoms with Crippen molar-refractivity contribution in [2.45, 2.75) is 32.6 Å². The van der Waals surface area contributed by atoms with Gasteiger partial charge in [0, 0.05) is 12.6 Å². The Morgan fingerprint density at radius 2 is 2.28 bits per heavy atom. The number of hydrogen-bond acceptors (Lipinski definition) is 3. The topological polar surface area (TPSA) is 95.4 Å². The number of nitrogens with two attached hydrogens (primary N) is 1. The molecule has 0 radical (unpaired) electrons. The lowest BCUT2D eigenvalue weighted by Crippen LogP contribution is -2.47. The zero-order valence-electron chi connectivity index (χ0n) is 10.6. The van der Waals surface area contributed by atoms with Crippen molar-refractivity contribution >= 4 is 17.9 Å². The lowest BCUT2D eigenvalue weighted by Gasteiger charge is -2.18. The second-order valence-electron chi connectivity index (χ2n) is 3.96. The molecule has 0 aliphatic rings. The molecule has 0 aliphatic carbocycles. The van der Waals surface area contributed by atoms with Crippen LogP contribution >= 0.6 is 0 Å². The van der Waals surface area contributed by atoms with E-state index in [1.54, 1.807) is 12.1 Å². The summed E-state index contributed by atoms with van der Waals surface area (Å²) in [5.74, 6) is -0.121. The zero-order valence-corrected chi connectivity index (χ0v) is 10.6. The Labute approximate surface area is 107 Å². The molecule has 6 nitrogen and oxygen atoms in total. The van der Waals surface area contributed by atoms with E-state index in [2.05, 4.69) is 12.2 Å². The predicted octanol–water partition coefficient (Wildman–Crippen LogP) is 2.27. The quantitative estimate of drug-likeness (QED) is 0.411. The second-order valence-corrected chi connectivity index (χ2v) is 3.96. The molecule has 100 valence electrons. The van der Waals surface area contributed by atoms with Gasteiger partial charge in [0.15, 0.2) is 0 Å². The molecule has 0 fully saturated rings. The van der Waals surface area contributed by atoms with Crippen molar-refractivity contribution in [2.75, 3.05) is 11.4 Å². The van der Waals surface area contributed by atoms with E-state index in [1.807, 2.05) is 0 Å². The Morgan fingerprint density at radius 1 is 1.50 bits per heavy atom. The molecule has 0 saturated heterocycles. The summed E-state index contributed by atoms with van der Waals surface area (Å²) in [6.07, 6.45) is 5.74. The van der Waals surface area contributed by atoms with Crippen molar-refractivity contribution in [1.82, 2.24) is 5.32 Å². The molecular formula is C12H20N4O2. The van der Waals surface area contributed by atoms with Gasteiger partial charge in [0.2, 0.25) is 11.8 Å². The molecule has 2 amide bonds. The predicted molar refractivity (Wildman–Crippen MR) is 70.6 cm³/mol. The lowest BCUT2D eigenvalue weighted by molar-refractivity contribution is 0.248. The van der Waals surface area contributed by atoms with Gasteiger partial charge in [0.1, 0.15) is 0 Å². The molecule has 4 N–H and O–H groups in total. The van der Waals surface area contributed by atoms with Gasteiger partial charge in [-0.25, -0.2) is 9.69 Å². The Balaban J connectivity index is 2.44. The van der Waals surface area contributed by atoms with E-state index in [9.17, 15) is 4.79 Å². The number of rotatable bonds is 6. The maximum Gasteiger partial charge on any atom is 0.331 e. The van der Waals surface area contributed by atoms with E-state index in [-0.39, 0.29) is 11.8 Å². The monoisotopic (exact) mass is 252 g/mol. The van der Waals surface area contributed by atoms with Crippen LogP contribution in [0.4, 0.5) is 10.7 Å². The number of unbranched alkanes of at least 4 members (excludes halogenated alkanes) is 3. The average molecular weight is 252 g/mol. The summed E-state index contributed by atoms with van der Waals surface area (Å²) < 4.78 is 5.07. The zero-order chi connectivity index (χ0) is 13.4. The molecule has 0 spiro atoms. The molecule has 1 aromatic heterocycles. The molecule has 0 atom stereocenters. The van der Waals surface area contributed by atoms with Crippen molar-refractivity contribution in [3.8, 4) is 0 Å². The number of hydrogen-bond donors (Lipinski definition) is 3. The second kappa shape index (κ2) is 7.37. The first kappa shape index (κ1) is 14.1. The Kier molecular flexibility index (Phi) is 5.76.